The molecule has 2 rings (SSSR count). The number of carbonyl (C=O) groups is 4. The molecule has 176 valence electrons. The van der Waals surface area contributed by atoms with Gasteiger partial charge in [-0.2, -0.15) is 0 Å². The minimum Gasteiger partial charge on any atom is -0.357 e. The van der Waals surface area contributed by atoms with E-state index in [1.54, 1.807) is 16.8 Å². The molecule has 2 aliphatic heterocycles. The number of nitrogens with zero attached hydrogens (tertiary/aromatic N) is 2. The number of amides is 4. The highest BCUT2D eigenvalue weighted by atomic mass is 32.2. The first-order valence-electron chi connectivity index (χ1n) is 11.1. The highest BCUT2D eigenvalue weighted by molar-refractivity contribution is 8.00. The second-order valence-electron chi connectivity index (χ2n) is 9.91. The Morgan fingerprint density at radius 2 is 1.77 bits per heavy atom. The predicted octanol–water partition coefficient (Wildman–Crippen LogP) is 1.59. The summed E-state index contributed by atoms with van der Waals surface area (Å²) >= 11 is 1.54. The number of hydrogen-bond acceptors (Lipinski definition) is 5. The first-order valence-corrected chi connectivity index (χ1v) is 12.2. The Bertz CT molecular complexity index is 706. The molecule has 2 saturated heterocycles. The highest BCUT2D eigenvalue weighted by Gasteiger charge is 2.46. The van der Waals surface area contributed by atoms with Crippen molar-refractivity contribution < 1.29 is 19.2 Å². The third kappa shape index (κ3) is 5.93. The van der Waals surface area contributed by atoms with Crippen LogP contribution >= 0.6 is 11.8 Å². The molecule has 0 saturated carbocycles. The average Bonchev–Trinajstić information content (AvgIpc) is 3.31. The Kier molecular flexibility index (Phi) is 8.41. The van der Waals surface area contributed by atoms with Gasteiger partial charge in [0.2, 0.25) is 23.6 Å². The van der Waals surface area contributed by atoms with Gasteiger partial charge in [0.1, 0.15) is 18.1 Å². The van der Waals surface area contributed by atoms with Crippen molar-refractivity contribution in [3.8, 4) is 0 Å². The molecule has 0 radical (unpaired) electrons. The lowest BCUT2D eigenvalue weighted by atomic mass is 9.94. The van der Waals surface area contributed by atoms with Crippen molar-refractivity contribution in [3.63, 3.8) is 0 Å². The van der Waals surface area contributed by atoms with E-state index in [0.717, 1.165) is 6.42 Å². The van der Waals surface area contributed by atoms with Gasteiger partial charge in [-0.15, -0.1) is 11.8 Å². The molecule has 0 aromatic carbocycles. The lowest BCUT2D eigenvalue weighted by Crippen LogP contribution is -2.58. The Labute approximate surface area is 190 Å². The minimum absolute atomic E-state index is 0.0412. The van der Waals surface area contributed by atoms with Gasteiger partial charge in [-0.3, -0.25) is 19.2 Å². The van der Waals surface area contributed by atoms with E-state index in [1.165, 1.54) is 11.8 Å². The van der Waals surface area contributed by atoms with Crippen LogP contribution in [0.2, 0.25) is 0 Å². The maximum atomic E-state index is 13.5. The molecule has 1 unspecified atom stereocenters. The van der Waals surface area contributed by atoms with Crippen molar-refractivity contribution in [2.75, 3.05) is 19.3 Å². The van der Waals surface area contributed by atoms with E-state index >= 15 is 0 Å². The monoisotopic (exact) mass is 454 g/mol. The first-order chi connectivity index (χ1) is 14.4. The van der Waals surface area contributed by atoms with Gasteiger partial charge in [0, 0.05) is 24.8 Å². The highest BCUT2D eigenvalue weighted by Crippen LogP contribution is 2.33. The van der Waals surface area contributed by atoms with Crippen LogP contribution in [0.25, 0.3) is 0 Å². The lowest BCUT2D eigenvalue weighted by molar-refractivity contribution is -0.151. The summed E-state index contributed by atoms with van der Waals surface area (Å²) in [4.78, 5) is 55.1. The van der Waals surface area contributed by atoms with E-state index in [-0.39, 0.29) is 34.9 Å². The second kappa shape index (κ2) is 10.2. The zero-order valence-corrected chi connectivity index (χ0v) is 20.7. The van der Waals surface area contributed by atoms with Gasteiger partial charge in [-0.25, -0.2) is 0 Å². The molecule has 0 aromatic rings. The Morgan fingerprint density at radius 1 is 1.13 bits per heavy atom. The molecule has 8 nitrogen and oxygen atoms in total. The molecule has 4 amide bonds. The molecule has 2 fully saturated rings. The van der Waals surface area contributed by atoms with E-state index in [9.17, 15) is 19.2 Å². The van der Waals surface area contributed by atoms with Gasteiger partial charge >= 0.3 is 0 Å². The molecular formula is C22H38N4O4S. The lowest BCUT2D eigenvalue weighted by Gasteiger charge is -2.35. The summed E-state index contributed by atoms with van der Waals surface area (Å²) in [5, 5.41) is 5.29. The molecule has 0 bridgehead atoms. The van der Waals surface area contributed by atoms with Crippen LogP contribution in [-0.2, 0) is 19.2 Å². The van der Waals surface area contributed by atoms with Crippen LogP contribution in [0.15, 0.2) is 0 Å². The Morgan fingerprint density at radius 3 is 2.32 bits per heavy atom. The second-order valence-corrected chi connectivity index (χ2v) is 11.3. The third-order valence-corrected chi connectivity index (χ3v) is 7.02. The summed E-state index contributed by atoms with van der Waals surface area (Å²) < 4.78 is 0. The smallest absolute Gasteiger partial charge is 0.246 e. The number of nitrogens with one attached hydrogen (secondary N) is 2. The Balaban J connectivity index is 2.19. The molecular weight excluding hydrogens is 416 g/mol. The fourth-order valence-corrected chi connectivity index (χ4v) is 5.38. The molecule has 2 aliphatic rings. The summed E-state index contributed by atoms with van der Waals surface area (Å²) in [6.07, 6.45) is 1.90. The van der Waals surface area contributed by atoms with Crippen LogP contribution in [-0.4, -0.2) is 76.3 Å². The van der Waals surface area contributed by atoms with Crippen molar-refractivity contribution in [2.24, 2.45) is 11.3 Å². The van der Waals surface area contributed by atoms with Crippen LogP contribution in [0.4, 0.5) is 0 Å². The van der Waals surface area contributed by atoms with Crippen molar-refractivity contribution in [1.29, 1.82) is 0 Å². The van der Waals surface area contributed by atoms with Gasteiger partial charge in [-0.05, 0) is 32.1 Å². The largest absolute Gasteiger partial charge is 0.357 e. The molecule has 4 atom stereocenters. The molecule has 0 spiro atoms. The van der Waals surface area contributed by atoms with Crippen LogP contribution < -0.4 is 10.6 Å². The average molecular weight is 455 g/mol. The zero-order valence-electron chi connectivity index (χ0n) is 19.9. The van der Waals surface area contributed by atoms with E-state index in [0.29, 0.717) is 25.1 Å². The normalized spacial score (nSPS) is 25.0. The number of likely N-dealkylation sites (tertiary alicyclic amines) is 1. The fraction of sp³-hybridized carbons (Fsp3) is 0.818. The van der Waals surface area contributed by atoms with E-state index in [4.69, 9.17) is 0 Å². The SMILES string of the molecule is CNC(=O)[C@H](CC(C)C)NC(=O)C1CS[C@H](C)N1C(=O)[C@@H]1CCCN1C(=O)C(C)(C)C. The Hall–Kier alpha value is -1.77. The number of hydrogen-bond donors (Lipinski definition) is 2. The maximum Gasteiger partial charge on any atom is 0.246 e. The summed E-state index contributed by atoms with van der Waals surface area (Å²) in [7, 11) is 1.55. The molecule has 2 N–H and O–H groups in total. The van der Waals surface area contributed by atoms with E-state index in [1.807, 2.05) is 41.5 Å². The van der Waals surface area contributed by atoms with E-state index < -0.39 is 23.5 Å². The zero-order chi connectivity index (χ0) is 23.5. The minimum atomic E-state index is -0.654. The fourth-order valence-electron chi connectivity index (χ4n) is 4.19. The molecule has 2 heterocycles. The van der Waals surface area contributed by atoms with Crippen LogP contribution in [0.3, 0.4) is 0 Å². The number of likely N-dealkylation sites (N-methyl/N-ethyl adjacent to an activating group) is 1. The van der Waals surface area contributed by atoms with E-state index in [2.05, 4.69) is 10.6 Å². The number of thioether (sulfide) groups is 1. The van der Waals surface area contributed by atoms with Crippen molar-refractivity contribution in [1.82, 2.24) is 20.4 Å². The maximum absolute atomic E-state index is 13.5. The summed E-state index contributed by atoms with van der Waals surface area (Å²) in [5.74, 6) is -0.0652. The van der Waals surface area contributed by atoms with Crippen molar-refractivity contribution in [2.45, 2.75) is 84.3 Å². The van der Waals surface area contributed by atoms with Gasteiger partial charge in [-0.1, -0.05) is 34.6 Å². The van der Waals surface area contributed by atoms with Gasteiger partial charge in [0.25, 0.3) is 0 Å². The number of carbonyl (C=O) groups excluding carboxylic acids is 4. The third-order valence-electron chi connectivity index (χ3n) is 5.81. The van der Waals surface area contributed by atoms with Crippen LogP contribution in [0, 0.1) is 11.3 Å². The van der Waals surface area contributed by atoms with Crippen molar-refractivity contribution >= 4 is 35.4 Å². The molecule has 31 heavy (non-hydrogen) atoms. The first kappa shape index (κ1) is 25.5. The number of rotatable bonds is 6. The van der Waals surface area contributed by atoms with Gasteiger partial charge < -0.3 is 20.4 Å². The molecule has 0 aromatic heterocycles. The standard InChI is InChI=1S/C22H38N4O4S/c1-13(2)11-15(18(27)23-7)24-19(28)17-12-31-14(3)26(17)20(29)16-9-8-10-25(16)21(30)22(4,5)6/h13-17H,8-12H2,1-7H3,(H,23,27)(H,24,28)/t14-,15+,16+,17?/m1/s1. The van der Waals surface area contributed by atoms with Gasteiger partial charge in [0.15, 0.2) is 0 Å². The van der Waals surface area contributed by atoms with Crippen molar-refractivity contribution in [3.05, 3.63) is 0 Å². The van der Waals surface area contributed by atoms with Gasteiger partial charge in [0.05, 0.1) is 5.37 Å². The summed E-state index contributed by atoms with van der Waals surface area (Å²) in [5.41, 5.74) is -0.567. The van der Waals surface area contributed by atoms with Crippen LogP contribution in [0.1, 0.15) is 60.8 Å². The van der Waals surface area contributed by atoms with Crippen LogP contribution in [0.5, 0.6) is 0 Å². The molecule has 9 heteroatoms. The summed E-state index contributed by atoms with van der Waals surface area (Å²) in [6, 6.07) is -1.83. The predicted molar refractivity (Wildman–Crippen MR) is 122 cm³/mol. The molecule has 0 aliphatic carbocycles. The summed E-state index contributed by atoms with van der Waals surface area (Å²) in [6.45, 7) is 12.0. The quantitative estimate of drug-likeness (QED) is 0.635. The topological polar surface area (TPSA) is 98.8 Å².